The van der Waals surface area contributed by atoms with Crippen LogP contribution in [0.4, 0.5) is 0 Å². The molecule has 6 heteroatoms. The van der Waals surface area contributed by atoms with Crippen molar-refractivity contribution < 1.29 is 12.6 Å². The van der Waals surface area contributed by atoms with Gasteiger partial charge >= 0.3 is 11.4 Å². The Balaban J connectivity index is 1.96. The molecule has 0 aromatic heterocycles. The molecule has 0 saturated heterocycles. The van der Waals surface area contributed by atoms with Gasteiger partial charge in [0.15, 0.2) is 0 Å². The van der Waals surface area contributed by atoms with Crippen molar-refractivity contribution >= 4 is 34.6 Å². The van der Waals surface area contributed by atoms with Crippen LogP contribution >= 0.6 is 23.2 Å². The fourth-order valence-corrected chi connectivity index (χ4v) is 1.98. The minimum Gasteiger partial charge on any atom is -0.371 e. The summed E-state index contributed by atoms with van der Waals surface area (Å²) < 4.78 is 21.7. The highest BCUT2D eigenvalue weighted by molar-refractivity contribution is 7.75. The van der Waals surface area contributed by atoms with Crippen LogP contribution in [0.3, 0.4) is 0 Å². The first-order valence-corrected chi connectivity index (χ1v) is 6.68. The lowest BCUT2D eigenvalue weighted by molar-refractivity contribution is 0.462. The fraction of sp³-hybridized carbons (Fsp3) is 0. The molecule has 0 amide bonds. The lowest BCUT2D eigenvalue weighted by Crippen LogP contribution is -2.07. The Morgan fingerprint density at radius 3 is 1.39 bits per heavy atom. The van der Waals surface area contributed by atoms with E-state index in [0.29, 0.717) is 21.5 Å². The number of halogens is 2. The van der Waals surface area contributed by atoms with E-state index >= 15 is 0 Å². The lowest BCUT2D eigenvalue weighted by Gasteiger charge is -2.05. The molecule has 0 bridgehead atoms. The highest BCUT2D eigenvalue weighted by Crippen LogP contribution is 2.19. The quantitative estimate of drug-likeness (QED) is 0.855. The Morgan fingerprint density at radius 2 is 1.06 bits per heavy atom. The van der Waals surface area contributed by atoms with Crippen LogP contribution in [0, 0.1) is 0 Å². The second-order valence-corrected chi connectivity index (χ2v) is 4.89. The molecule has 0 aliphatic carbocycles. The van der Waals surface area contributed by atoms with Crippen molar-refractivity contribution in [3.05, 3.63) is 58.6 Å². The van der Waals surface area contributed by atoms with Gasteiger partial charge < -0.3 is 8.37 Å². The molecule has 0 unspecified atom stereocenters. The van der Waals surface area contributed by atoms with Crippen LogP contribution in [-0.2, 0) is 11.4 Å². The van der Waals surface area contributed by atoms with Crippen LogP contribution in [-0.4, -0.2) is 4.21 Å². The largest absolute Gasteiger partial charge is 0.417 e. The van der Waals surface area contributed by atoms with Crippen LogP contribution in [0.2, 0.25) is 10.0 Å². The maximum atomic E-state index is 11.6. The summed E-state index contributed by atoms with van der Waals surface area (Å²) in [6.07, 6.45) is 0. The highest BCUT2D eigenvalue weighted by Gasteiger charge is 2.05. The van der Waals surface area contributed by atoms with Crippen molar-refractivity contribution in [1.82, 2.24) is 0 Å². The number of rotatable bonds is 4. The molecule has 0 heterocycles. The van der Waals surface area contributed by atoms with Gasteiger partial charge in [0.1, 0.15) is 11.5 Å². The normalized spacial score (nSPS) is 10.4. The smallest absolute Gasteiger partial charge is 0.371 e. The monoisotopic (exact) mass is 302 g/mol. The van der Waals surface area contributed by atoms with Crippen molar-refractivity contribution in [1.29, 1.82) is 0 Å². The molecule has 0 N–H and O–H groups in total. The molecule has 2 rings (SSSR count). The van der Waals surface area contributed by atoms with E-state index in [-0.39, 0.29) is 0 Å². The maximum absolute atomic E-state index is 11.6. The SMILES string of the molecule is O=S(Oc1ccc(Cl)cc1)Oc1ccc(Cl)cc1. The summed E-state index contributed by atoms with van der Waals surface area (Å²) in [7, 11) is 0. The van der Waals surface area contributed by atoms with E-state index in [1.54, 1.807) is 48.5 Å². The molecule has 18 heavy (non-hydrogen) atoms. The van der Waals surface area contributed by atoms with Crippen LogP contribution in [0.15, 0.2) is 48.5 Å². The summed E-state index contributed by atoms with van der Waals surface area (Å²) in [6, 6.07) is 13.0. The van der Waals surface area contributed by atoms with Gasteiger partial charge in [-0.2, -0.15) is 4.21 Å². The Bertz CT molecular complexity index is 491. The Labute approximate surface area is 117 Å². The molecule has 0 spiro atoms. The van der Waals surface area contributed by atoms with E-state index in [0.717, 1.165) is 0 Å². The van der Waals surface area contributed by atoms with Crippen molar-refractivity contribution in [3.63, 3.8) is 0 Å². The third-order valence-electron chi connectivity index (χ3n) is 1.96. The van der Waals surface area contributed by atoms with Crippen LogP contribution in [0.5, 0.6) is 11.5 Å². The Morgan fingerprint density at radius 1 is 0.722 bits per heavy atom. The van der Waals surface area contributed by atoms with Gasteiger partial charge in [0.25, 0.3) is 0 Å². The molecule has 0 fully saturated rings. The first-order valence-electron chi connectivity index (χ1n) is 4.93. The number of benzene rings is 2. The topological polar surface area (TPSA) is 35.5 Å². The Hall–Kier alpha value is -1.23. The molecule has 3 nitrogen and oxygen atoms in total. The lowest BCUT2D eigenvalue weighted by atomic mass is 10.3. The van der Waals surface area contributed by atoms with E-state index in [2.05, 4.69) is 0 Å². The van der Waals surface area contributed by atoms with E-state index in [9.17, 15) is 4.21 Å². The van der Waals surface area contributed by atoms with Gasteiger partial charge in [-0.25, -0.2) is 0 Å². The minimum atomic E-state index is -1.92. The predicted octanol–water partition coefficient (Wildman–Crippen LogP) is 4.03. The molecular formula is C12H8Cl2O3S. The van der Waals surface area contributed by atoms with Gasteiger partial charge in [0.2, 0.25) is 0 Å². The molecule has 0 atom stereocenters. The first kappa shape index (κ1) is 13.2. The van der Waals surface area contributed by atoms with E-state index < -0.39 is 11.4 Å². The van der Waals surface area contributed by atoms with Crippen LogP contribution < -0.4 is 8.37 Å². The maximum Gasteiger partial charge on any atom is 0.417 e. The van der Waals surface area contributed by atoms with Gasteiger partial charge in [0, 0.05) is 10.0 Å². The van der Waals surface area contributed by atoms with Gasteiger partial charge in [-0.05, 0) is 48.5 Å². The first-order chi connectivity index (χ1) is 8.63. The molecule has 0 saturated carbocycles. The molecule has 2 aromatic carbocycles. The number of hydrogen-bond donors (Lipinski definition) is 0. The zero-order valence-corrected chi connectivity index (χ0v) is 11.3. The third kappa shape index (κ3) is 3.91. The van der Waals surface area contributed by atoms with Crippen LogP contribution in [0.25, 0.3) is 0 Å². The third-order valence-corrected chi connectivity index (χ3v) is 3.12. The number of hydrogen-bond acceptors (Lipinski definition) is 3. The van der Waals surface area contributed by atoms with Crippen molar-refractivity contribution in [3.8, 4) is 11.5 Å². The van der Waals surface area contributed by atoms with Crippen molar-refractivity contribution in [2.24, 2.45) is 0 Å². The summed E-state index contributed by atoms with van der Waals surface area (Å²) in [6.45, 7) is 0. The minimum absolute atomic E-state index is 0.409. The fourth-order valence-electron chi connectivity index (χ4n) is 1.15. The molecule has 0 radical (unpaired) electrons. The average Bonchev–Trinajstić information content (AvgIpc) is 2.35. The molecule has 2 aromatic rings. The molecule has 0 aliphatic heterocycles. The van der Waals surface area contributed by atoms with Crippen molar-refractivity contribution in [2.45, 2.75) is 0 Å². The highest BCUT2D eigenvalue weighted by atomic mass is 35.5. The van der Waals surface area contributed by atoms with Crippen molar-refractivity contribution in [2.75, 3.05) is 0 Å². The van der Waals surface area contributed by atoms with Gasteiger partial charge in [0.05, 0.1) is 0 Å². The molecule has 94 valence electrons. The summed E-state index contributed by atoms with van der Waals surface area (Å²) in [5, 5.41) is 1.15. The van der Waals surface area contributed by atoms with E-state index in [1.165, 1.54) is 0 Å². The van der Waals surface area contributed by atoms with Crippen LogP contribution in [0.1, 0.15) is 0 Å². The second kappa shape index (κ2) is 6.09. The second-order valence-electron chi connectivity index (χ2n) is 3.28. The molecular weight excluding hydrogens is 295 g/mol. The average molecular weight is 303 g/mol. The van der Waals surface area contributed by atoms with Gasteiger partial charge in [-0.3, -0.25) is 0 Å². The van der Waals surface area contributed by atoms with Gasteiger partial charge in [-0.15, -0.1) is 0 Å². The summed E-state index contributed by atoms with van der Waals surface area (Å²) in [4.78, 5) is 0. The van der Waals surface area contributed by atoms with E-state index in [1.807, 2.05) is 0 Å². The molecule has 0 aliphatic rings. The predicted molar refractivity (Wildman–Crippen MR) is 72.3 cm³/mol. The standard InChI is InChI=1S/C12H8Cl2O3S/c13-9-1-5-11(6-2-9)16-18(15)17-12-7-3-10(14)4-8-12/h1-8H. The zero-order chi connectivity index (χ0) is 13.0. The zero-order valence-electron chi connectivity index (χ0n) is 9.01. The van der Waals surface area contributed by atoms with Gasteiger partial charge in [-0.1, -0.05) is 23.2 Å². The summed E-state index contributed by atoms with van der Waals surface area (Å²) in [5.41, 5.74) is 0. The Kier molecular flexibility index (Phi) is 4.47. The summed E-state index contributed by atoms with van der Waals surface area (Å²) in [5.74, 6) is 0.818. The van der Waals surface area contributed by atoms with E-state index in [4.69, 9.17) is 31.6 Å². The summed E-state index contributed by atoms with van der Waals surface area (Å²) >= 11 is 9.51.